The molecule has 0 saturated carbocycles. The van der Waals surface area contributed by atoms with Crippen LogP contribution in [0.4, 0.5) is 0 Å². The van der Waals surface area contributed by atoms with Gasteiger partial charge in [0.15, 0.2) is 0 Å². The zero-order valence-corrected chi connectivity index (χ0v) is 17.6. The predicted molar refractivity (Wildman–Crippen MR) is 121 cm³/mol. The van der Waals surface area contributed by atoms with Crippen LogP contribution in [-0.4, -0.2) is 28.7 Å². The first-order chi connectivity index (χ1) is 11.8. The first kappa shape index (κ1) is 22.8. The van der Waals surface area contributed by atoms with E-state index in [0.29, 0.717) is 11.7 Å². The van der Waals surface area contributed by atoms with E-state index in [1.165, 1.54) is 0 Å². The number of benzene rings is 2. The van der Waals surface area contributed by atoms with Crippen LogP contribution in [0.5, 0.6) is 0 Å². The van der Waals surface area contributed by atoms with Crippen LogP contribution in [0.1, 0.15) is 38.8 Å². The van der Waals surface area contributed by atoms with Gasteiger partial charge in [0.25, 0.3) is 0 Å². The maximum atomic E-state index is 8.22. The molecule has 0 spiro atoms. The van der Waals surface area contributed by atoms with Crippen LogP contribution in [0.15, 0.2) is 36.4 Å². The highest BCUT2D eigenvalue weighted by Gasteiger charge is 2.11. The topological polar surface area (TPSA) is 87.6 Å². The molecule has 5 N–H and O–H groups in total. The molecule has 3 rings (SSSR count). The van der Waals surface area contributed by atoms with Crippen molar-refractivity contribution in [3.8, 4) is 0 Å². The van der Waals surface area contributed by atoms with E-state index in [2.05, 4.69) is 15.6 Å². The minimum absolute atomic E-state index is 0. The number of fused-ring (bicyclic) bond motifs is 3. The van der Waals surface area contributed by atoms with Gasteiger partial charge in [0.2, 0.25) is 0 Å². The Morgan fingerprint density at radius 3 is 1.44 bits per heavy atom. The monoisotopic (exact) mass is 407 g/mol. The summed E-state index contributed by atoms with van der Waals surface area (Å²) in [6.07, 6.45) is 0. The number of aromatic amines is 1. The highest BCUT2D eigenvalue weighted by atomic mass is 35.5. The first-order valence-electron chi connectivity index (χ1n) is 8.61. The summed E-state index contributed by atoms with van der Waals surface area (Å²) in [5.74, 6) is 0.855. The standard InChI is InChI=1S/C20H25N5.2ClH/c1-11(2)23-19(21)13-5-7-17-15(9-13)16-10-14(6-8-18(16)25-17)20(22)24-12(3)4;;/h5-12,25H,1-4H3,(H2,21,23)(H2,22,24);2*1H. The van der Waals surface area contributed by atoms with Crippen LogP contribution in [0.2, 0.25) is 0 Å². The molecule has 1 heterocycles. The zero-order chi connectivity index (χ0) is 18.1. The molecule has 27 heavy (non-hydrogen) atoms. The van der Waals surface area contributed by atoms with Gasteiger partial charge in [0.05, 0.1) is 0 Å². The Bertz CT molecular complexity index is 883. The molecule has 2 aromatic carbocycles. The van der Waals surface area contributed by atoms with Crippen LogP contribution in [0.3, 0.4) is 0 Å². The minimum Gasteiger partial charge on any atom is -0.368 e. The number of amidine groups is 2. The van der Waals surface area contributed by atoms with Crippen molar-refractivity contribution in [3.63, 3.8) is 0 Å². The quantitative estimate of drug-likeness (QED) is 0.317. The number of rotatable bonds is 4. The van der Waals surface area contributed by atoms with Gasteiger partial charge in [0.1, 0.15) is 11.7 Å². The van der Waals surface area contributed by atoms with Crippen molar-refractivity contribution in [2.24, 2.45) is 0 Å². The Balaban J connectivity index is 0.00000182. The van der Waals surface area contributed by atoms with Crippen molar-refractivity contribution in [2.75, 3.05) is 0 Å². The van der Waals surface area contributed by atoms with E-state index < -0.39 is 0 Å². The largest absolute Gasteiger partial charge is 0.368 e. The highest BCUT2D eigenvalue weighted by Crippen LogP contribution is 2.27. The lowest BCUT2D eigenvalue weighted by Crippen LogP contribution is -2.30. The van der Waals surface area contributed by atoms with Crippen molar-refractivity contribution in [2.45, 2.75) is 39.8 Å². The number of nitrogens with one attached hydrogen (secondary N) is 5. The second-order valence-corrected chi connectivity index (χ2v) is 6.99. The molecule has 0 bridgehead atoms. The Hall–Kier alpha value is -2.24. The minimum atomic E-state index is 0. The van der Waals surface area contributed by atoms with Gasteiger partial charge in [-0.05, 0) is 64.1 Å². The van der Waals surface area contributed by atoms with Gasteiger partial charge >= 0.3 is 0 Å². The Kier molecular flexibility index (Phi) is 7.69. The van der Waals surface area contributed by atoms with E-state index in [9.17, 15) is 0 Å². The van der Waals surface area contributed by atoms with Crippen molar-refractivity contribution in [1.29, 1.82) is 10.8 Å². The van der Waals surface area contributed by atoms with E-state index in [-0.39, 0.29) is 36.9 Å². The van der Waals surface area contributed by atoms with Crippen LogP contribution < -0.4 is 10.6 Å². The number of aromatic nitrogens is 1. The first-order valence-corrected chi connectivity index (χ1v) is 8.61. The number of hydrogen-bond acceptors (Lipinski definition) is 2. The number of hydrogen-bond donors (Lipinski definition) is 5. The third kappa shape index (κ3) is 4.93. The van der Waals surface area contributed by atoms with Gasteiger partial charge in [-0.2, -0.15) is 0 Å². The molecule has 0 aliphatic carbocycles. The normalized spacial score (nSPS) is 10.6. The summed E-state index contributed by atoms with van der Waals surface area (Å²) < 4.78 is 0. The summed E-state index contributed by atoms with van der Waals surface area (Å²) in [4.78, 5) is 3.41. The van der Waals surface area contributed by atoms with Crippen molar-refractivity contribution in [1.82, 2.24) is 15.6 Å². The van der Waals surface area contributed by atoms with Crippen molar-refractivity contribution >= 4 is 58.3 Å². The summed E-state index contributed by atoms with van der Waals surface area (Å²) in [5.41, 5.74) is 3.80. The SMILES string of the molecule is CC(C)NC(=N)c1ccc2[nH]c3ccc(C(=N)NC(C)C)cc3c2c1.Cl.Cl. The lowest BCUT2D eigenvalue weighted by molar-refractivity contribution is 0.730. The summed E-state index contributed by atoms with van der Waals surface area (Å²) in [7, 11) is 0. The van der Waals surface area contributed by atoms with Gasteiger partial charge in [-0.15, -0.1) is 24.8 Å². The molecule has 0 aliphatic rings. The van der Waals surface area contributed by atoms with Crippen molar-refractivity contribution < 1.29 is 0 Å². The smallest absolute Gasteiger partial charge is 0.125 e. The fourth-order valence-corrected chi connectivity index (χ4v) is 2.95. The van der Waals surface area contributed by atoms with Gasteiger partial charge in [-0.1, -0.05) is 0 Å². The van der Waals surface area contributed by atoms with E-state index in [0.717, 1.165) is 32.9 Å². The van der Waals surface area contributed by atoms with Crippen LogP contribution >= 0.6 is 24.8 Å². The molecule has 146 valence electrons. The van der Waals surface area contributed by atoms with Gasteiger partial charge < -0.3 is 15.6 Å². The lowest BCUT2D eigenvalue weighted by atomic mass is 10.1. The highest BCUT2D eigenvalue weighted by molar-refractivity contribution is 6.12. The fourth-order valence-electron chi connectivity index (χ4n) is 2.95. The van der Waals surface area contributed by atoms with E-state index >= 15 is 0 Å². The molecule has 0 aliphatic heterocycles. The average Bonchev–Trinajstić information content (AvgIpc) is 2.90. The average molecular weight is 408 g/mol. The third-order valence-corrected chi connectivity index (χ3v) is 4.04. The predicted octanol–water partition coefficient (Wildman–Crippen LogP) is 4.81. The molecule has 0 radical (unpaired) electrons. The van der Waals surface area contributed by atoms with Crippen LogP contribution in [0, 0.1) is 10.8 Å². The van der Waals surface area contributed by atoms with Crippen LogP contribution in [-0.2, 0) is 0 Å². The molecular weight excluding hydrogens is 381 g/mol. The zero-order valence-electron chi connectivity index (χ0n) is 15.9. The molecule has 0 amide bonds. The second kappa shape index (κ2) is 9.11. The summed E-state index contributed by atoms with van der Waals surface area (Å²) in [5, 5.41) is 24.9. The summed E-state index contributed by atoms with van der Waals surface area (Å²) >= 11 is 0. The van der Waals surface area contributed by atoms with Gasteiger partial charge in [-0.3, -0.25) is 10.8 Å². The maximum absolute atomic E-state index is 8.22. The number of H-pyrrole nitrogens is 1. The van der Waals surface area contributed by atoms with Gasteiger partial charge in [0, 0.05) is 45.0 Å². The maximum Gasteiger partial charge on any atom is 0.125 e. The van der Waals surface area contributed by atoms with E-state index in [1.807, 2.05) is 64.1 Å². The second-order valence-electron chi connectivity index (χ2n) is 6.99. The Labute approximate surface area is 172 Å². The number of halogens is 2. The van der Waals surface area contributed by atoms with E-state index in [4.69, 9.17) is 10.8 Å². The molecule has 1 aromatic heterocycles. The summed E-state index contributed by atoms with van der Waals surface area (Å²) in [6, 6.07) is 12.5. The molecule has 3 aromatic rings. The molecule has 5 nitrogen and oxygen atoms in total. The molecule has 0 atom stereocenters. The lowest BCUT2D eigenvalue weighted by Gasteiger charge is -2.12. The van der Waals surface area contributed by atoms with Crippen molar-refractivity contribution in [3.05, 3.63) is 47.5 Å². The molecule has 0 fully saturated rings. The van der Waals surface area contributed by atoms with Gasteiger partial charge in [-0.25, -0.2) is 0 Å². The molecular formula is C20H27Cl2N5. The Morgan fingerprint density at radius 1 is 0.741 bits per heavy atom. The fraction of sp³-hybridized carbons (Fsp3) is 0.300. The van der Waals surface area contributed by atoms with Crippen LogP contribution in [0.25, 0.3) is 21.8 Å². The third-order valence-electron chi connectivity index (χ3n) is 4.04. The van der Waals surface area contributed by atoms with E-state index in [1.54, 1.807) is 0 Å². The summed E-state index contributed by atoms with van der Waals surface area (Å²) in [6.45, 7) is 8.10. The Morgan fingerprint density at radius 2 is 1.11 bits per heavy atom. The molecule has 7 heteroatoms. The molecule has 0 unspecified atom stereocenters. The molecule has 0 saturated heterocycles.